The average molecular weight is 372 g/mol. The van der Waals surface area contributed by atoms with E-state index < -0.39 is 5.97 Å². The molecule has 2 aromatic rings. The summed E-state index contributed by atoms with van der Waals surface area (Å²) in [6.45, 7) is 5.71. The molecule has 0 aliphatic carbocycles. The third kappa shape index (κ3) is 5.74. The molecule has 5 heteroatoms. The highest BCUT2D eigenvalue weighted by molar-refractivity contribution is 6.30. The van der Waals surface area contributed by atoms with Gasteiger partial charge in [-0.1, -0.05) is 55.8 Å². The molecule has 0 saturated carbocycles. The normalized spacial score (nSPS) is 11.0. The number of carbonyl (C=O) groups excluding carboxylic acids is 2. The maximum atomic E-state index is 12.1. The first-order chi connectivity index (χ1) is 12.4. The van der Waals surface area contributed by atoms with Gasteiger partial charge in [0.1, 0.15) is 0 Å². The van der Waals surface area contributed by atoms with Crippen LogP contribution in [0.2, 0.25) is 5.02 Å². The van der Waals surface area contributed by atoms with E-state index in [9.17, 15) is 9.59 Å². The number of nitrogens with one attached hydrogen (secondary N) is 1. The van der Waals surface area contributed by atoms with Gasteiger partial charge in [0.2, 0.25) is 0 Å². The van der Waals surface area contributed by atoms with E-state index in [0.29, 0.717) is 5.02 Å². The van der Waals surface area contributed by atoms with Crippen molar-refractivity contribution < 1.29 is 14.3 Å². The maximum absolute atomic E-state index is 12.1. The zero-order valence-corrected chi connectivity index (χ0v) is 15.8. The molecule has 0 fully saturated rings. The van der Waals surface area contributed by atoms with Gasteiger partial charge in [-0.3, -0.25) is 4.79 Å². The second kappa shape index (κ2) is 9.20. The lowest BCUT2D eigenvalue weighted by Gasteiger charge is -2.16. The van der Waals surface area contributed by atoms with Crippen LogP contribution >= 0.6 is 11.6 Å². The number of hydrogen-bond acceptors (Lipinski definition) is 3. The summed E-state index contributed by atoms with van der Waals surface area (Å²) in [6.07, 6.45) is 2.86. The van der Waals surface area contributed by atoms with E-state index >= 15 is 0 Å². The van der Waals surface area contributed by atoms with Crippen molar-refractivity contribution in [2.75, 3.05) is 11.9 Å². The van der Waals surface area contributed by atoms with E-state index in [1.54, 1.807) is 24.3 Å². The average Bonchev–Trinajstić information content (AvgIpc) is 2.59. The van der Waals surface area contributed by atoms with Gasteiger partial charge in [-0.15, -0.1) is 0 Å². The van der Waals surface area contributed by atoms with Crippen molar-refractivity contribution in [3.8, 4) is 0 Å². The lowest BCUT2D eigenvalue weighted by atomic mass is 9.98. The monoisotopic (exact) mass is 371 g/mol. The Morgan fingerprint density at radius 1 is 1.19 bits per heavy atom. The third-order valence-electron chi connectivity index (χ3n) is 3.80. The number of amides is 1. The van der Waals surface area contributed by atoms with Crippen LogP contribution < -0.4 is 5.32 Å². The van der Waals surface area contributed by atoms with Crippen LogP contribution in [0.4, 0.5) is 5.69 Å². The van der Waals surface area contributed by atoms with Crippen molar-refractivity contribution in [2.45, 2.75) is 26.7 Å². The molecule has 0 aliphatic rings. The van der Waals surface area contributed by atoms with Crippen molar-refractivity contribution in [2.24, 2.45) is 0 Å². The first kappa shape index (κ1) is 19.7. The predicted molar refractivity (Wildman–Crippen MR) is 105 cm³/mol. The molecule has 2 aromatic carbocycles. The van der Waals surface area contributed by atoms with Gasteiger partial charge in [-0.2, -0.15) is 0 Å². The molecular formula is C21H22ClNO3. The summed E-state index contributed by atoms with van der Waals surface area (Å²) in [4.78, 5) is 23.9. The highest BCUT2D eigenvalue weighted by atomic mass is 35.5. The number of benzene rings is 2. The number of anilines is 1. The summed E-state index contributed by atoms with van der Waals surface area (Å²) < 4.78 is 5.00. The van der Waals surface area contributed by atoms with Crippen LogP contribution in [-0.4, -0.2) is 18.5 Å². The van der Waals surface area contributed by atoms with Crippen LogP contribution in [-0.2, 0) is 14.3 Å². The molecule has 2 rings (SSSR count). The molecule has 0 saturated heterocycles. The number of esters is 1. The Morgan fingerprint density at radius 3 is 2.62 bits per heavy atom. The maximum Gasteiger partial charge on any atom is 0.331 e. The Balaban J connectivity index is 1.92. The van der Waals surface area contributed by atoms with Crippen molar-refractivity contribution in [3.63, 3.8) is 0 Å². The topological polar surface area (TPSA) is 55.4 Å². The SMILES string of the molecule is Cc1cccc(C(C)C)c1NC(=O)COC(=O)/C=C/c1cccc(Cl)c1. The number of aryl methyl sites for hydroxylation is 1. The standard InChI is InChI=1S/C21H22ClNO3/c1-14(2)18-9-4-6-15(3)21(18)23-19(24)13-26-20(25)11-10-16-7-5-8-17(22)12-16/h4-12,14H,13H2,1-3H3,(H,23,24)/b11-10+. The number of ether oxygens (including phenoxy) is 1. The Bertz CT molecular complexity index is 828. The van der Waals surface area contributed by atoms with Crippen molar-refractivity contribution in [1.82, 2.24) is 0 Å². The van der Waals surface area contributed by atoms with Crippen LogP contribution in [0.1, 0.15) is 36.5 Å². The minimum atomic E-state index is -0.589. The van der Waals surface area contributed by atoms with Gasteiger partial charge < -0.3 is 10.1 Å². The zero-order valence-electron chi connectivity index (χ0n) is 15.1. The lowest BCUT2D eigenvalue weighted by molar-refractivity contribution is -0.142. The Kier molecular flexibility index (Phi) is 6.98. The van der Waals surface area contributed by atoms with E-state index in [2.05, 4.69) is 19.2 Å². The van der Waals surface area contributed by atoms with Crippen LogP contribution in [0.3, 0.4) is 0 Å². The summed E-state index contributed by atoms with van der Waals surface area (Å²) in [5.41, 5.74) is 3.57. The molecule has 1 N–H and O–H groups in total. The van der Waals surface area contributed by atoms with E-state index in [1.807, 2.05) is 31.2 Å². The molecule has 0 bridgehead atoms. The molecule has 4 nitrogen and oxygen atoms in total. The quantitative estimate of drug-likeness (QED) is 0.576. The molecule has 0 atom stereocenters. The number of carbonyl (C=O) groups is 2. The lowest BCUT2D eigenvalue weighted by Crippen LogP contribution is -2.21. The molecule has 1 amide bonds. The van der Waals surface area contributed by atoms with E-state index in [-0.39, 0.29) is 18.4 Å². The minimum Gasteiger partial charge on any atom is -0.452 e. The molecule has 0 aliphatic heterocycles. The molecule has 0 spiro atoms. The smallest absolute Gasteiger partial charge is 0.331 e. The van der Waals surface area contributed by atoms with Gasteiger partial charge in [0.05, 0.1) is 0 Å². The van der Waals surface area contributed by atoms with Gasteiger partial charge in [0.25, 0.3) is 5.91 Å². The van der Waals surface area contributed by atoms with Crippen molar-refractivity contribution in [1.29, 1.82) is 0 Å². The van der Waals surface area contributed by atoms with E-state index in [1.165, 1.54) is 6.08 Å². The van der Waals surface area contributed by atoms with Crippen LogP contribution in [0.25, 0.3) is 6.08 Å². The summed E-state index contributed by atoms with van der Waals surface area (Å²) >= 11 is 5.88. The number of hydrogen-bond donors (Lipinski definition) is 1. The van der Waals surface area contributed by atoms with Gasteiger partial charge in [-0.05, 0) is 47.7 Å². The molecular weight excluding hydrogens is 350 g/mol. The Morgan fingerprint density at radius 2 is 1.92 bits per heavy atom. The molecule has 0 unspecified atom stereocenters. The van der Waals surface area contributed by atoms with E-state index in [4.69, 9.17) is 16.3 Å². The first-order valence-corrected chi connectivity index (χ1v) is 8.74. The van der Waals surface area contributed by atoms with Crippen LogP contribution in [0.5, 0.6) is 0 Å². The van der Waals surface area contributed by atoms with Gasteiger partial charge >= 0.3 is 5.97 Å². The highest BCUT2D eigenvalue weighted by Crippen LogP contribution is 2.27. The fourth-order valence-electron chi connectivity index (χ4n) is 2.48. The van der Waals surface area contributed by atoms with Gasteiger partial charge in [0.15, 0.2) is 6.61 Å². The molecule has 26 heavy (non-hydrogen) atoms. The van der Waals surface area contributed by atoms with Crippen LogP contribution in [0, 0.1) is 6.92 Å². The van der Waals surface area contributed by atoms with Gasteiger partial charge in [-0.25, -0.2) is 4.79 Å². The molecule has 0 aromatic heterocycles. The molecule has 136 valence electrons. The Hall–Kier alpha value is -2.59. The Labute approximate surface area is 158 Å². The third-order valence-corrected chi connectivity index (χ3v) is 4.03. The largest absolute Gasteiger partial charge is 0.452 e. The fourth-order valence-corrected chi connectivity index (χ4v) is 2.68. The summed E-state index contributed by atoms with van der Waals surface area (Å²) in [5.74, 6) is -0.687. The number of halogens is 1. The highest BCUT2D eigenvalue weighted by Gasteiger charge is 2.13. The summed E-state index contributed by atoms with van der Waals surface area (Å²) in [7, 11) is 0. The number of para-hydroxylation sites is 1. The van der Waals surface area contributed by atoms with Crippen LogP contribution in [0.15, 0.2) is 48.5 Å². The minimum absolute atomic E-state index is 0.272. The number of rotatable bonds is 6. The molecule has 0 radical (unpaired) electrons. The van der Waals surface area contributed by atoms with Gasteiger partial charge in [0, 0.05) is 16.8 Å². The second-order valence-electron chi connectivity index (χ2n) is 6.24. The summed E-state index contributed by atoms with van der Waals surface area (Å²) in [6, 6.07) is 12.9. The molecule has 0 heterocycles. The zero-order chi connectivity index (χ0) is 19.1. The van der Waals surface area contributed by atoms with Crippen molar-refractivity contribution >= 4 is 35.2 Å². The fraction of sp³-hybridized carbons (Fsp3) is 0.238. The predicted octanol–water partition coefficient (Wildman–Crippen LogP) is 4.97. The van der Waals surface area contributed by atoms with Crippen molar-refractivity contribution in [3.05, 3.63) is 70.3 Å². The summed E-state index contributed by atoms with van der Waals surface area (Å²) in [5, 5.41) is 3.42. The second-order valence-corrected chi connectivity index (χ2v) is 6.67. The van der Waals surface area contributed by atoms with E-state index in [0.717, 1.165) is 22.4 Å². The first-order valence-electron chi connectivity index (χ1n) is 8.36.